The fourth-order valence-electron chi connectivity index (χ4n) is 2.02. The lowest BCUT2D eigenvalue weighted by Crippen LogP contribution is -2.41. The van der Waals surface area contributed by atoms with E-state index >= 15 is 0 Å². The molecular formula is C17H23NO5. The molecule has 0 saturated heterocycles. The summed E-state index contributed by atoms with van der Waals surface area (Å²) in [6.07, 6.45) is -0.481. The summed E-state index contributed by atoms with van der Waals surface area (Å²) in [6.45, 7) is 8.94. The van der Waals surface area contributed by atoms with Crippen LogP contribution in [0.15, 0.2) is 18.2 Å². The van der Waals surface area contributed by atoms with Crippen LogP contribution in [0.25, 0.3) is 0 Å². The van der Waals surface area contributed by atoms with Crippen molar-refractivity contribution in [2.45, 2.75) is 52.9 Å². The minimum absolute atomic E-state index is 0.203. The van der Waals surface area contributed by atoms with Crippen molar-refractivity contribution in [2.24, 2.45) is 5.92 Å². The van der Waals surface area contributed by atoms with Gasteiger partial charge in [0.05, 0.1) is 5.92 Å². The van der Waals surface area contributed by atoms with Crippen LogP contribution in [0.1, 0.15) is 40.2 Å². The third-order valence-electron chi connectivity index (χ3n) is 3.08. The molecule has 126 valence electrons. The predicted octanol–water partition coefficient (Wildman–Crippen LogP) is 3.03. The molecule has 1 aliphatic heterocycles. The lowest BCUT2D eigenvalue weighted by atomic mass is 10.1. The number of nitrogens with one attached hydrogen (secondary N) is 1. The molecule has 0 aromatic heterocycles. The first kappa shape index (κ1) is 17.1. The van der Waals surface area contributed by atoms with E-state index in [0.717, 1.165) is 5.56 Å². The van der Waals surface area contributed by atoms with E-state index < -0.39 is 17.9 Å². The average Bonchev–Trinajstić information content (AvgIpc) is 2.77. The van der Waals surface area contributed by atoms with Crippen LogP contribution in [0.5, 0.6) is 11.5 Å². The molecule has 1 aliphatic rings. The minimum Gasteiger partial charge on any atom is -0.470 e. The highest BCUT2D eigenvalue weighted by atomic mass is 16.6. The van der Waals surface area contributed by atoms with Gasteiger partial charge in [-0.15, -0.1) is 0 Å². The molecule has 0 aliphatic carbocycles. The second-order valence-corrected chi connectivity index (χ2v) is 6.80. The Morgan fingerprint density at radius 3 is 2.61 bits per heavy atom. The first-order chi connectivity index (χ1) is 10.6. The van der Waals surface area contributed by atoms with Crippen LogP contribution >= 0.6 is 0 Å². The average molecular weight is 321 g/mol. The van der Waals surface area contributed by atoms with Gasteiger partial charge >= 0.3 is 12.1 Å². The number of rotatable bonds is 3. The quantitative estimate of drug-likeness (QED) is 0.684. The fourth-order valence-corrected chi connectivity index (χ4v) is 2.02. The van der Waals surface area contributed by atoms with Crippen molar-refractivity contribution in [3.05, 3.63) is 23.8 Å². The van der Waals surface area contributed by atoms with E-state index in [2.05, 4.69) is 5.32 Å². The van der Waals surface area contributed by atoms with Gasteiger partial charge in [0.25, 0.3) is 0 Å². The van der Waals surface area contributed by atoms with Gasteiger partial charge in [0.2, 0.25) is 0 Å². The van der Waals surface area contributed by atoms with E-state index in [-0.39, 0.29) is 11.9 Å². The molecule has 6 nitrogen and oxygen atoms in total. The first-order valence-corrected chi connectivity index (χ1v) is 7.65. The maximum Gasteiger partial charge on any atom is 0.410 e. The maximum absolute atomic E-state index is 11.8. The molecule has 23 heavy (non-hydrogen) atoms. The second-order valence-electron chi connectivity index (χ2n) is 6.80. The molecule has 0 saturated carbocycles. The highest BCUT2D eigenvalue weighted by molar-refractivity contribution is 5.74. The SMILES string of the molecule is CC(C)C(=O)Oc1ccc2c(c1)O[C@H](NC(=O)OC(C)(C)C)C2. The number of carbonyl (C=O) groups excluding carboxylic acids is 2. The zero-order chi connectivity index (χ0) is 17.2. The Bertz CT molecular complexity index is 603. The molecule has 6 heteroatoms. The van der Waals surface area contributed by atoms with Gasteiger partial charge in [-0.2, -0.15) is 0 Å². The number of esters is 1. The molecule has 0 unspecified atom stereocenters. The molecule has 0 bridgehead atoms. The standard InChI is InChI=1S/C17H23NO5/c1-10(2)15(19)21-12-7-6-11-8-14(22-13(11)9-12)18-16(20)23-17(3,4)5/h6-7,9-10,14H,8H2,1-5H3,(H,18,20)/t14-/m0/s1. The number of fused-ring (bicyclic) bond motifs is 1. The number of benzene rings is 1. The van der Waals surface area contributed by atoms with E-state index in [0.29, 0.717) is 17.9 Å². The fraction of sp³-hybridized carbons (Fsp3) is 0.529. The smallest absolute Gasteiger partial charge is 0.410 e. The minimum atomic E-state index is -0.562. The van der Waals surface area contributed by atoms with Gasteiger partial charge < -0.3 is 14.2 Å². The highest BCUT2D eigenvalue weighted by Crippen LogP contribution is 2.32. The lowest BCUT2D eigenvalue weighted by molar-refractivity contribution is -0.137. The maximum atomic E-state index is 11.8. The van der Waals surface area contributed by atoms with Crippen LogP contribution in [-0.2, 0) is 16.0 Å². The number of carbonyl (C=O) groups is 2. The van der Waals surface area contributed by atoms with Gasteiger partial charge in [0, 0.05) is 18.1 Å². The summed E-state index contributed by atoms with van der Waals surface area (Å²) < 4.78 is 16.1. The van der Waals surface area contributed by atoms with E-state index in [4.69, 9.17) is 14.2 Å². The van der Waals surface area contributed by atoms with Crippen molar-refractivity contribution in [1.82, 2.24) is 5.32 Å². The van der Waals surface area contributed by atoms with E-state index in [1.807, 2.05) is 6.07 Å². The first-order valence-electron chi connectivity index (χ1n) is 7.65. The summed E-state index contributed by atoms with van der Waals surface area (Å²) in [5.41, 5.74) is 0.378. The number of hydrogen-bond acceptors (Lipinski definition) is 5. The molecule has 1 aromatic rings. The van der Waals surface area contributed by atoms with Crippen molar-refractivity contribution in [1.29, 1.82) is 0 Å². The van der Waals surface area contributed by atoms with Crippen LogP contribution in [0.4, 0.5) is 4.79 Å². The van der Waals surface area contributed by atoms with Crippen molar-refractivity contribution in [3.8, 4) is 11.5 Å². The molecule has 0 radical (unpaired) electrons. The summed E-state index contributed by atoms with van der Waals surface area (Å²) in [5.74, 6) is 0.526. The summed E-state index contributed by atoms with van der Waals surface area (Å²) in [6, 6.07) is 5.21. The molecule has 0 spiro atoms. The molecule has 1 atom stereocenters. The normalized spacial score (nSPS) is 16.5. The summed E-state index contributed by atoms with van der Waals surface area (Å²) >= 11 is 0. The third kappa shape index (κ3) is 4.87. The number of amides is 1. The molecule has 1 heterocycles. The van der Waals surface area contributed by atoms with Crippen molar-refractivity contribution in [2.75, 3.05) is 0 Å². The molecule has 1 amide bonds. The third-order valence-corrected chi connectivity index (χ3v) is 3.08. The summed E-state index contributed by atoms with van der Waals surface area (Å²) in [5, 5.41) is 2.67. The van der Waals surface area contributed by atoms with Crippen LogP contribution in [0.2, 0.25) is 0 Å². The van der Waals surface area contributed by atoms with Crippen LogP contribution in [0.3, 0.4) is 0 Å². The van der Waals surface area contributed by atoms with Crippen molar-refractivity contribution < 1.29 is 23.8 Å². The van der Waals surface area contributed by atoms with E-state index in [1.54, 1.807) is 46.8 Å². The topological polar surface area (TPSA) is 73.9 Å². The van der Waals surface area contributed by atoms with Gasteiger partial charge in [0.15, 0.2) is 6.23 Å². The highest BCUT2D eigenvalue weighted by Gasteiger charge is 2.27. The molecule has 2 rings (SSSR count). The van der Waals surface area contributed by atoms with E-state index in [1.165, 1.54) is 0 Å². The lowest BCUT2D eigenvalue weighted by Gasteiger charge is -2.21. The Labute approximate surface area is 136 Å². The zero-order valence-electron chi connectivity index (χ0n) is 14.1. The van der Waals surface area contributed by atoms with Gasteiger partial charge in [0.1, 0.15) is 17.1 Å². The Morgan fingerprint density at radius 1 is 1.30 bits per heavy atom. The van der Waals surface area contributed by atoms with E-state index in [9.17, 15) is 9.59 Å². The van der Waals surface area contributed by atoms with Crippen molar-refractivity contribution >= 4 is 12.1 Å². The van der Waals surface area contributed by atoms with Crippen LogP contribution in [0, 0.1) is 5.92 Å². The Kier molecular flexibility index (Phi) is 4.82. The van der Waals surface area contributed by atoms with Crippen LogP contribution in [-0.4, -0.2) is 23.9 Å². The predicted molar refractivity (Wildman–Crippen MR) is 84.4 cm³/mol. The van der Waals surface area contributed by atoms with Crippen LogP contribution < -0.4 is 14.8 Å². The molecule has 1 N–H and O–H groups in total. The van der Waals surface area contributed by atoms with Crippen molar-refractivity contribution in [3.63, 3.8) is 0 Å². The monoisotopic (exact) mass is 321 g/mol. The Morgan fingerprint density at radius 2 is 2.00 bits per heavy atom. The van der Waals surface area contributed by atoms with Gasteiger partial charge in [-0.3, -0.25) is 10.1 Å². The molecule has 0 fully saturated rings. The number of ether oxygens (including phenoxy) is 3. The van der Waals surface area contributed by atoms with Gasteiger partial charge in [-0.05, 0) is 26.8 Å². The summed E-state index contributed by atoms with van der Waals surface area (Å²) in [7, 11) is 0. The second kappa shape index (κ2) is 6.48. The Balaban J connectivity index is 1.96. The zero-order valence-corrected chi connectivity index (χ0v) is 14.1. The van der Waals surface area contributed by atoms with Gasteiger partial charge in [-0.1, -0.05) is 19.9 Å². The molecular weight excluding hydrogens is 298 g/mol. The Hall–Kier alpha value is -2.24. The number of alkyl carbamates (subject to hydrolysis) is 1. The molecule has 1 aromatic carbocycles. The largest absolute Gasteiger partial charge is 0.470 e. The summed E-state index contributed by atoms with van der Waals surface area (Å²) in [4.78, 5) is 23.4. The van der Waals surface area contributed by atoms with Gasteiger partial charge in [-0.25, -0.2) is 4.79 Å². The number of hydrogen-bond donors (Lipinski definition) is 1.